The van der Waals surface area contributed by atoms with Gasteiger partial charge in [0.2, 0.25) is 0 Å². The minimum atomic E-state index is -1.10. The smallest absolute Gasteiger partial charge is 0.175 e. The first-order valence-corrected chi connectivity index (χ1v) is 8.55. The number of nitrogens with zero attached hydrogens (tertiary/aromatic N) is 1. The second kappa shape index (κ2) is 4.21. The van der Waals surface area contributed by atoms with Crippen molar-refractivity contribution in [3.63, 3.8) is 0 Å². The van der Waals surface area contributed by atoms with Crippen LogP contribution in [0.15, 0.2) is 24.8 Å². The molecule has 1 saturated carbocycles. The van der Waals surface area contributed by atoms with Gasteiger partial charge in [-0.25, -0.2) is 0 Å². The first-order chi connectivity index (χ1) is 11.4. The molecule has 1 saturated heterocycles. The summed E-state index contributed by atoms with van der Waals surface area (Å²) in [6, 6.07) is 3.55. The van der Waals surface area contributed by atoms with Gasteiger partial charge in [-0.3, -0.25) is 9.69 Å². The van der Waals surface area contributed by atoms with Crippen molar-refractivity contribution in [3.05, 3.63) is 35.9 Å². The third-order valence-corrected chi connectivity index (χ3v) is 6.81. The predicted octanol–water partition coefficient (Wildman–Crippen LogP) is 1.30. The Morgan fingerprint density at radius 1 is 1.46 bits per heavy atom. The number of hydrogen-bond donors (Lipinski definition) is 2. The number of benzene rings is 1. The lowest BCUT2D eigenvalue weighted by Gasteiger charge is -2.64. The van der Waals surface area contributed by atoms with Crippen LogP contribution in [-0.4, -0.2) is 51.2 Å². The molecule has 5 atom stereocenters. The van der Waals surface area contributed by atoms with Gasteiger partial charge in [-0.2, -0.15) is 0 Å². The van der Waals surface area contributed by atoms with Gasteiger partial charge in [-0.05, 0) is 31.4 Å². The van der Waals surface area contributed by atoms with Crippen LogP contribution in [0.3, 0.4) is 0 Å². The standard InChI is InChI=1S/C19H21NO4/c1-3-6-20-11-8-13(22)17-19(9-11)15-10(7-14(20)18(19,2)23)4-5-12(21)16(15)24-17/h3-5,11,14,17,21,23H,1,6-9H2,2H3/t11-,14+,17-,18+,19-/m0/s1. The second-order valence-electron chi connectivity index (χ2n) is 7.80. The van der Waals surface area contributed by atoms with Crippen molar-refractivity contribution in [1.82, 2.24) is 4.90 Å². The molecule has 0 unspecified atom stereocenters. The van der Waals surface area contributed by atoms with Crippen molar-refractivity contribution < 1.29 is 19.7 Å². The predicted molar refractivity (Wildman–Crippen MR) is 87.2 cm³/mol. The number of aromatic hydroxyl groups is 1. The van der Waals surface area contributed by atoms with E-state index in [2.05, 4.69) is 11.5 Å². The molecule has 1 aromatic rings. The van der Waals surface area contributed by atoms with E-state index in [9.17, 15) is 15.0 Å². The highest BCUT2D eigenvalue weighted by molar-refractivity contribution is 5.90. The van der Waals surface area contributed by atoms with E-state index < -0.39 is 17.1 Å². The number of phenols is 1. The Labute approximate surface area is 140 Å². The summed E-state index contributed by atoms with van der Waals surface area (Å²) in [6.45, 7) is 6.33. The molecule has 1 spiro atoms. The van der Waals surface area contributed by atoms with E-state index in [1.807, 2.05) is 19.1 Å². The molecule has 0 aromatic heterocycles. The Morgan fingerprint density at radius 3 is 3.00 bits per heavy atom. The summed E-state index contributed by atoms with van der Waals surface area (Å²) < 4.78 is 5.97. The molecule has 4 aliphatic rings. The molecule has 2 N–H and O–H groups in total. The number of aliphatic hydroxyl groups is 1. The minimum Gasteiger partial charge on any atom is -0.504 e. The SMILES string of the molecule is C=CCN1[C@H]2CC(=O)[C@@H]3Oc4c(O)ccc5c4[C@]3(C2)[C@](C)(O)[C@H]1C5. The summed E-state index contributed by atoms with van der Waals surface area (Å²) in [6.07, 6.45) is 2.93. The quantitative estimate of drug-likeness (QED) is 0.801. The maximum absolute atomic E-state index is 12.9. The molecule has 0 amide bonds. The van der Waals surface area contributed by atoms with E-state index in [-0.39, 0.29) is 23.6 Å². The number of rotatable bonds is 2. The van der Waals surface area contributed by atoms with Gasteiger partial charge in [-0.15, -0.1) is 6.58 Å². The van der Waals surface area contributed by atoms with Gasteiger partial charge in [0.25, 0.3) is 0 Å². The summed E-state index contributed by atoms with van der Waals surface area (Å²) in [5.41, 5.74) is 0.0881. The lowest BCUT2D eigenvalue weighted by Crippen LogP contribution is -2.78. The van der Waals surface area contributed by atoms with Crippen LogP contribution >= 0.6 is 0 Å². The van der Waals surface area contributed by atoms with Crippen molar-refractivity contribution in [2.45, 2.75) is 55.4 Å². The van der Waals surface area contributed by atoms with Gasteiger partial charge in [0.15, 0.2) is 23.4 Å². The molecule has 1 aromatic carbocycles. The molecule has 5 nitrogen and oxygen atoms in total. The number of hydrogen-bond acceptors (Lipinski definition) is 5. The fourth-order valence-corrected chi connectivity index (χ4v) is 5.86. The van der Waals surface area contributed by atoms with Crippen molar-refractivity contribution in [2.75, 3.05) is 6.54 Å². The molecule has 2 aliphatic heterocycles. The molecule has 2 heterocycles. The fraction of sp³-hybridized carbons (Fsp3) is 0.526. The molecule has 5 heteroatoms. The number of fused-ring (bicyclic) bond motifs is 2. The van der Waals surface area contributed by atoms with E-state index in [0.29, 0.717) is 31.6 Å². The molecular weight excluding hydrogens is 306 g/mol. The van der Waals surface area contributed by atoms with Crippen LogP contribution in [0.2, 0.25) is 0 Å². The van der Waals surface area contributed by atoms with Crippen LogP contribution in [0, 0.1) is 0 Å². The highest BCUT2D eigenvalue weighted by Crippen LogP contribution is 2.64. The van der Waals surface area contributed by atoms with Crippen LogP contribution in [-0.2, 0) is 16.6 Å². The summed E-state index contributed by atoms with van der Waals surface area (Å²) >= 11 is 0. The topological polar surface area (TPSA) is 70.0 Å². The number of ether oxygens (including phenoxy) is 1. The number of Topliss-reactive ketones (excluding diaryl/α,β-unsaturated/α-hetero) is 1. The van der Waals surface area contributed by atoms with Crippen LogP contribution in [0.25, 0.3) is 0 Å². The van der Waals surface area contributed by atoms with Crippen molar-refractivity contribution in [3.8, 4) is 11.5 Å². The Balaban J connectivity index is 1.83. The molecule has 126 valence electrons. The minimum absolute atomic E-state index is 0.0162. The van der Waals surface area contributed by atoms with Crippen molar-refractivity contribution in [1.29, 1.82) is 0 Å². The first kappa shape index (κ1) is 14.5. The van der Waals surface area contributed by atoms with E-state index in [0.717, 1.165) is 11.1 Å². The lowest BCUT2D eigenvalue weighted by atomic mass is 9.49. The van der Waals surface area contributed by atoms with Crippen molar-refractivity contribution in [2.24, 2.45) is 0 Å². The Bertz CT molecular complexity index is 786. The molecule has 5 rings (SSSR count). The van der Waals surface area contributed by atoms with Crippen LogP contribution in [0.5, 0.6) is 11.5 Å². The second-order valence-corrected chi connectivity index (χ2v) is 7.80. The number of ketones is 1. The van der Waals surface area contributed by atoms with E-state index in [1.165, 1.54) is 0 Å². The van der Waals surface area contributed by atoms with Crippen molar-refractivity contribution >= 4 is 5.78 Å². The Morgan fingerprint density at radius 2 is 2.25 bits per heavy atom. The normalized spacial score (nSPS) is 41.9. The van der Waals surface area contributed by atoms with Crippen LogP contribution in [0.4, 0.5) is 0 Å². The van der Waals surface area contributed by atoms with Gasteiger partial charge in [0.05, 0.1) is 11.0 Å². The van der Waals surface area contributed by atoms with Gasteiger partial charge in [0.1, 0.15) is 0 Å². The zero-order chi connectivity index (χ0) is 16.9. The van der Waals surface area contributed by atoms with E-state index >= 15 is 0 Å². The molecular formula is C19H21NO4. The lowest BCUT2D eigenvalue weighted by molar-refractivity contribution is -0.189. The van der Waals surface area contributed by atoms with Crippen LogP contribution < -0.4 is 4.74 Å². The Kier molecular flexibility index (Phi) is 2.54. The summed E-state index contributed by atoms with van der Waals surface area (Å²) in [5, 5.41) is 21.9. The number of phenolic OH excluding ortho intramolecular Hbond substituents is 1. The molecule has 24 heavy (non-hydrogen) atoms. The summed E-state index contributed by atoms with van der Waals surface area (Å²) in [5.74, 6) is 0.481. The largest absolute Gasteiger partial charge is 0.504 e. The van der Waals surface area contributed by atoms with Gasteiger partial charge < -0.3 is 14.9 Å². The van der Waals surface area contributed by atoms with Gasteiger partial charge >= 0.3 is 0 Å². The third kappa shape index (κ3) is 1.34. The number of piperidine rings is 1. The highest BCUT2D eigenvalue weighted by Gasteiger charge is 2.73. The average Bonchev–Trinajstić information content (AvgIpc) is 2.88. The number of likely N-dealkylation sites (tertiary alicyclic amines) is 1. The maximum atomic E-state index is 12.9. The average molecular weight is 327 g/mol. The first-order valence-electron chi connectivity index (χ1n) is 8.55. The zero-order valence-corrected chi connectivity index (χ0v) is 13.7. The molecule has 0 radical (unpaired) electrons. The molecule has 2 fully saturated rings. The van der Waals surface area contributed by atoms with Gasteiger partial charge in [0, 0.05) is 30.6 Å². The summed E-state index contributed by atoms with van der Waals surface area (Å²) in [4.78, 5) is 15.1. The number of carbonyl (C=O) groups excluding carboxylic acids is 1. The third-order valence-electron chi connectivity index (χ3n) is 6.81. The van der Waals surface area contributed by atoms with Crippen LogP contribution in [0.1, 0.15) is 30.9 Å². The zero-order valence-electron chi connectivity index (χ0n) is 13.7. The van der Waals surface area contributed by atoms with Gasteiger partial charge in [-0.1, -0.05) is 12.1 Å². The van der Waals surface area contributed by atoms with E-state index in [4.69, 9.17) is 4.74 Å². The molecule has 2 aliphatic carbocycles. The summed E-state index contributed by atoms with van der Waals surface area (Å²) in [7, 11) is 0. The number of carbonyl (C=O) groups is 1. The molecule has 3 bridgehead atoms. The highest BCUT2D eigenvalue weighted by atomic mass is 16.5. The monoisotopic (exact) mass is 327 g/mol. The fourth-order valence-electron chi connectivity index (χ4n) is 5.86. The maximum Gasteiger partial charge on any atom is 0.175 e. The van der Waals surface area contributed by atoms with E-state index in [1.54, 1.807) is 6.07 Å². The Hall–Kier alpha value is -1.85.